The predicted octanol–water partition coefficient (Wildman–Crippen LogP) is 2.47. The monoisotopic (exact) mass is 256 g/mol. The van der Waals surface area contributed by atoms with Gasteiger partial charge in [0.15, 0.2) is 0 Å². The summed E-state index contributed by atoms with van der Waals surface area (Å²) in [5.74, 6) is -2.02. The Labute approximate surface area is 105 Å². The highest BCUT2D eigenvalue weighted by molar-refractivity contribution is 5.88. The molecular weight excluding hydrogens is 239 g/mol. The van der Waals surface area contributed by atoms with E-state index in [1.165, 1.54) is 18.2 Å². The van der Waals surface area contributed by atoms with E-state index in [4.69, 9.17) is 14.6 Å². The fourth-order valence-corrected chi connectivity index (χ4v) is 1.42. The SMILES string of the molecule is CCOCC(C)OCc1cccc(C(=O)O)c1F. The summed E-state index contributed by atoms with van der Waals surface area (Å²) in [7, 11) is 0. The van der Waals surface area contributed by atoms with Crippen LogP contribution in [0, 0.1) is 5.82 Å². The number of rotatable bonds is 7. The second kappa shape index (κ2) is 7.08. The second-order valence-electron chi connectivity index (χ2n) is 3.86. The molecule has 1 N–H and O–H groups in total. The molecule has 1 aromatic rings. The summed E-state index contributed by atoms with van der Waals surface area (Å²) in [6, 6.07) is 4.23. The summed E-state index contributed by atoms with van der Waals surface area (Å²) in [6.45, 7) is 4.74. The van der Waals surface area contributed by atoms with Crippen molar-refractivity contribution in [1.82, 2.24) is 0 Å². The minimum absolute atomic E-state index is 0.0290. The molecule has 0 aliphatic heterocycles. The summed E-state index contributed by atoms with van der Waals surface area (Å²) < 4.78 is 24.3. The second-order valence-corrected chi connectivity index (χ2v) is 3.86. The summed E-state index contributed by atoms with van der Waals surface area (Å²) in [5, 5.41) is 8.78. The number of carbonyl (C=O) groups is 1. The highest BCUT2D eigenvalue weighted by Gasteiger charge is 2.14. The highest BCUT2D eigenvalue weighted by Crippen LogP contribution is 2.14. The van der Waals surface area contributed by atoms with Gasteiger partial charge in [0, 0.05) is 12.2 Å². The molecule has 0 aliphatic carbocycles. The van der Waals surface area contributed by atoms with E-state index in [1.807, 2.05) is 13.8 Å². The van der Waals surface area contributed by atoms with Gasteiger partial charge < -0.3 is 14.6 Å². The van der Waals surface area contributed by atoms with Crippen LogP contribution in [-0.2, 0) is 16.1 Å². The van der Waals surface area contributed by atoms with Crippen LogP contribution >= 0.6 is 0 Å². The normalized spacial score (nSPS) is 12.4. The average molecular weight is 256 g/mol. The molecule has 4 nitrogen and oxygen atoms in total. The summed E-state index contributed by atoms with van der Waals surface area (Å²) in [4.78, 5) is 10.8. The average Bonchev–Trinajstić information content (AvgIpc) is 2.34. The minimum atomic E-state index is -1.28. The lowest BCUT2D eigenvalue weighted by Gasteiger charge is -2.13. The molecule has 0 fully saturated rings. The third-order valence-electron chi connectivity index (χ3n) is 2.39. The Kier molecular flexibility index (Phi) is 5.74. The Morgan fingerprint density at radius 2 is 2.22 bits per heavy atom. The van der Waals surface area contributed by atoms with Gasteiger partial charge >= 0.3 is 5.97 Å². The van der Waals surface area contributed by atoms with Gasteiger partial charge in [-0.15, -0.1) is 0 Å². The predicted molar refractivity (Wildman–Crippen MR) is 64.1 cm³/mol. The Hall–Kier alpha value is -1.46. The number of benzene rings is 1. The number of halogens is 1. The maximum absolute atomic E-state index is 13.7. The van der Waals surface area contributed by atoms with Crippen LogP contribution in [-0.4, -0.2) is 30.4 Å². The fourth-order valence-electron chi connectivity index (χ4n) is 1.42. The quantitative estimate of drug-likeness (QED) is 0.814. The number of carboxylic acids is 1. The lowest BCUT2D eigenvalue weighted by atomic mass is 10.1. The first-order chi connectivity index (χ1) is 8.56. The zero-order valence-electron chi connectivity index (χ0n) is 10.5. The molecule has 5 heteroatoms. The Morgan fingerprint density at radius 1 is 1.50 bits per heavy atom. The van der Waals surface area contributed by atoms with E-state index in [0.29, 0.717) is 13.2 Å². The van der Waals surface area contributed by atoms with E-state index in [-0.39, 0.29) is 23.8 Å². The van der Waals surface area contributed by atoms with E-state index in [1.54, 1.807) is 0 Å². The molecule has 0 aromatic heterocycles. The third kappa shape index (κ3) is 4.09. The molecule has 0 saturated carbocycles. The Balaban J connectivity index is 2.62. The van der Waals surface area contributed by atoms with E-state index in [9.17, 15) is 9.18 Å². The fraction of sp³-hybridized carbons (Fsp3) is 0.462. The van der Waals surface area contributed by atoms with Crippen molar-refractivity contribution in [3.8, 4) is 0 Å². The smallest absolute Gasteiger partial charge is 0.338 e. The van der Waals surface area contributed by atoms with Gasteiger partial charge in [-0.25, -0.2) is 9.18 Å². The molecule has 1 atom stereocenters. The van der Waals surface area contributed by atoms with E-state index < -0.39 is 11.8 Å². The molecule has 0 amide bonds. The topological polar surface area (TPSA) is 55.8 Å². The number of aromatic carboxylic acids is 1. The van der Waals surface area contributed by atoms with Gasteiger partial charge in [-0.1, -0.05) is 12.1 Å². The van der Waals surface area contributed by atoms with E-state index in [0.717, 1.165) is 0 Å². The van der Waals surface area contributed by atoms with E-state index >= 15 is 0 Å². The van der Waals surface area contributed by atoms with Gasteiger partial charge in [0.1, 0.15) is 5.82 Å². The molecule has 18 heavy (non-hydrogen) atoms. The van der Waals surface area contributed by atoms with Crippen molar-refractivity contribution in [2.45, 2.75) is 26.6 Å². The van der Waals surface area contributed by atoms with E-state index in [2.05, 4.69) is 0 Å². The van der Waals surface area contributed by atoms with Crippen LogP contribution in [0.5, 0.6) is 0 Å². The van der Waals surface area contributed by atoms with Crippen molar-refractivity contribution in [2.24, 2.45) is 0 Å². The van der Waals surface area contributed by atoms with Gasteiger partial charge in [0.2, 0.25) is 0 Å². The zero-order valence-corrected chi connectivity index (χ0v) is 10.5. The summed E-state index contributed by atoms with van der Waals surface area (Å²) >= 11 is 0. The number of hydrogen-bond donors (Lipinski definition) is 1. The highest BCUT2D eigenvalue weighted by atomic mass is 19.1. The maximum Gasteiger partial charge on any atom is 0.338 e. The molecule has 0 saturated heterocycles. The van der Waals surface area contributed by atoms with Crippen LogP contribution in [0.4, 0.5) is 4.39 Å². The standard InChI is InChI=1S/C13H17FO4/c1-3-17-7-9(2)18-8-10-5-4-6-11(12(10)14)13(15)16/h4-6,9H,3,7-8H2,1-2H3,(H,15,16). The Morgan fingerprint density at radius 3 is 2.83 bits per heavy atom. The first kappa shape index (κ1) is 14.6. The van der Waals surface area contributed by atoms with Crippen molar-refractivity contribution < 1.29 is 23.8 Å². The van der Waals surface area contributed by atoms with Crippen LogP contribution in [0.25, 0.3) is 0 Å². The minimum Gasteiger partial charge on any atom is -0.478 e. The van der Waals surface area contributed by atoms with Crippen molar-refractivity contribution >= 4 is 5.97 Å². The van der Waals surface area contributed by atoms with Gasteiger partial charge in [-0.3, -0.25) is 0 Å². The maximum atomic E-state index is 13.7. The van der Waals surface area contributed by atoms with Crippen LogP contribution in [0.2, 0.25) is 0 Å². The van der Waals surface area contributed by atoms with Crippen molar-refractivity contribution in [3.63, 3.8) is 0 Å². The molecule has 1 rings (SSSR count). The molecule has 0 heterocycles. The van der Waals surface area contributed by atoms with Gasteiger partial charge in [-0.05, 0) is 19.9 Å². The molecule has 0 bridgehead atoms. The molecular formula is C13H17FO4. The molecule has 0 aliphatic rings. The van der Waals surface area contributed by atoms with Gasteiger partial charge in [0.05, 0.1) is 24.9 Å². The summed E-state index contributed by atoms with van der Waals surface area (Å²) in [5.41, 5.74) is -0.105. The van der Waals surface area contributed by atoms with Crippen molar-refractivity contribution in [2.75, 3.05) is 13.2 Å². The largest absolute Gasteiger partial charge is 0.478 e. The van der Waals surface area contributed by atoms with Crippen LogP contribution in [0.15, 0.2) is 18.2 Å². The lowest BCUT2D eigenvalue weighted by Crippen LogP contribution is -2.16. The zero-order chi connectivity index (χ0) is 13.5. The number of ether oxygens (including phenoxy) is 2. The van der Waals surface area contributed by atoms with Gasteiger partial charge in [-0.2, -0.15) is 0 Å². The van der Waals surface area contributed by atoms with Gasteiger partial charge in [0.25, 0.3) is 0 Å². The number of hydrogen-bond acceptors (Lipinski definition) is 3. The van der Waals surface area contributed by atoms with Crippen molar-refractivity contribution in [3.05, 3.63) is 35.1 Å². The number of carboxylic acid groups (broad SMARTS) is 1. The van der Waals surface area contributed by atoms with Crippen LogP contribution in [0.1, 0.15) is 29.8 Å². The van der Waals surface area contributed by atoms with Crippen molar-refractivity contribution in [1.29, 1.82) is 0 Å². The summed E-state index contributed by atoms with van der Waals surface area (Å²) in [6.07, 6.45) is -0.169. The first-order valence-corrected chi connectivity index (χ1v) is 5.76. The third-order valence-corrected chi connectivity index (χ3v) is 2.39. The van der Waals surface area contributed by atoms with Crippen LogP contribution < -0.4 is 0 Å². The Bertz CT molecular complexity index is 406. The molecule has 1 unspecified atom stereocenters. The van der Waals surface area contributed by atoms with Crippen LogP contribution in [0.3, 0.4) is 0 Å². The first-order valence-electron chi connectivity index (χ1n) is 5.76. The molecule has 1 aromatic carbocycles. The lowest BCUT2D eigenvalue weighted by molar-refractivity contribution is -0.0125. The molecule has 100 valence electrons. The molecule has 0 radical (unpaired) electrons. The molecule has 0 spiro atoms.